The first kappa shape index (κ1) is 19.0. The number of rotatable bonds is 3. The lowest BCUT2D eigenvalue weighted by Gasteiger charge is -2.61. The third kappa shape index (κ3) is 2.94. The van der Waals surface area contributed by atoms with Crippen LogP contribution in [0.25, 0.3) is 5.69 Å². The van der Waals surface area contributed by atoms with Crippen LogP contribution in [0.4, 0.5) is 14.9 Å². The Labute approximate surface area is 176 Å². The van der Waals surface area contributed by atoms with Gasteiger partial charge in [-0.1, -0.05) is 18.5 Å². The summed E-state index contributed by atoms with van der Waals surface area (Å²) in [6, 6.07) is 4.72. The normalized spacial score (nSPS) is 25.1. The second-order valence-corrected chi connectivity index (χ2v) is 8.39. The van der Waals surface area contributed by atoms with Gasteiger partial charge in [-0.25, -0.2) is 4.79 Å². The number of carbonyl (C=O) groups is 1. The van der Waals surface area contributed by atoms with Crippen LogP contribution in [0.5, 0.6) is 0 Å². The highest BCUT2D eigenvalue weighted by atomic mass is 35.5. The van der Waals surface area contributed by atoms with Crippen molar-refractivity contribution in [1.29, 1.82) is 0 Å². The third-order valence-corrected chi connectivity index (χ3v) is 6.10. The second kappa shape index (κ2) is 6.76. The number of hydrogen-bond acceptors (Lipinski definition) is 6. The summed E-state index contributed by atoms with van der Waals surface area (Å²) in [5, 5.41) is 18.9. The van der Waals surface area contributed by atoms with E-state index in [0.717, 1.165) is 30.3 Å². The van der Waals surface area contributed by atoms with E-state index in [9.17, 15) is 9.18 Å². The van der Waals surface area contributed by atoms with E-state index < -0.39 is 11.5 Å². The number of aromatic nitrogens is 5. The minimum absolute atomic E-state index is 0.106. The highest BCUT2D eigenvalue weighted by Gasteiger charge is 2.62. The molecule has 2 bridgehead atoms. The van der Waals surface area contributed by atoms with E-state index in [-0.39, 0.29) is 12.1 Å². The van der Waals surface area contributed by atoms with Crippen LogP contribution in [0, 0.1) is 18.8 Å². The van der Waals surface area contributed by atoms with Crippen molar-refractivity contribution < 1.29 is 13.6 Å². The fourth-order valence-corrected chi connectivity index (χ4v) is 4.91. The van der Waals surface area contributed by atoms with Gasteiger partial charge in [-0.2, -0.15) is 9.49 Å². The third-order valence-electron chi connectivity index (χ3n) is 5.78. The molecule has 0 radical (unpaired) electrons. The highest BCUT2D eigenvalue weighted by Crippen LogP contribution is 2.55. The van der Waals surface area contributed by atoms with Crippen LogP contribution in [0.1, 0.15) is 38.0 Å². The number of fused-ring (bicyclic) bond motifs is 2. The molecule has 0 unspecified atom stereocenters. The molecule has 1 saturated heterocycles. The van der Waals surface area contributed by atoms with Crippen LogP contribution in [-0.2, 0) is 5.54 Å². The number of anilines is 1. The summed E-state index contributed by atoms with van der Waals surface area (Å²) in [5.74, 6) is 0.677. The Morgan fingerprint density at radius 3 is 2.90 bits per heavy atom. The number of amides is 2. The van der Waals surface area contributed by atoms with Crippen molar-refractivity contribution >= 4 is 23.3 Å². The lowest BCUT2D eigenvalue weighted by Crippen LogP contribution is -2.70. The van der Waals surface area contributed by atoms with Crippen molar-refractivity contribution in [2.75, 3.05) is 5.32 Å². The number of urea groups is 1. The Hall–Kier alpha value is -3.01. The monoisotopic (exact) mass is 431 g/mol. The Kier molecular flexibility index (Phi) is 4.28. The zero-order chi connectivity index (χ0) is 21.0. The number of carbonyl (C=O) groups excluding carboxylic acids is 1. The van der Waals surface area contributed by atoms with Crippen molar-refractivity contribution in [3.8, 4) is 5.69 Å². The number of nitrogens with zero attached hydrogens (tertiary/aromatic N) is 6. The largest absolute Gasteiger partial charge is 0.423 e. The molecule has 3 aromatic rings. The number of piperidine rings is 1. The Balaban J connectivity index is 1.43. The van der Waals surface area contributed by atoms with Gasteiger partial charge < -0.3 is 14.6 Å². The van der Waals surface area contributed by atoms with E-state index in [2.05, 4.69) is 32.6 Å². The first-order valence-corrected chi connectivity index (χ1v) is 10.0. The van der Waals surface area contributed by atoms with Crippen molar-refractivity contribution in [3.05, 3.63) is 47.1 Å². The molecule has 1 N–H and O–H groups in total. The molecular weight excluding hydrogens is 413 g/mol. The smallest absolute Gasteiger partial charge is 0.323 e. The van der Waals surface area contributed by atoms with Gasteiger partial charge in [-0.05, 0) is 37.0 Å². The first-order chi connectivity index (χ1) is 14.4. The molecule has 5 rings (SSSR count). The molecule has 1 aliphatic carbocycles. The van der Waals surface area contributed by atoms with Gasteiger partial charge in [0.25, 0.3) is 5.95 Å². The number of nitrogens with one attached hydrogen (secondary N) is 1. The van der Waals surface area contributed by atoms with Crippen molar-refractivity contribution in [2.24, 2.45) is 5.92 Å². The number of aryl methyl sites for hydroxylation is 1. The quantitative estimate of drug-likeness (QED) is 0.678. The molecule has 1 aromatic carbocycles. The maximum atomic E-state index is 13.2. The van der Waals surface area contributed by atoms with Gasteiger partial charge >= 0.3 is 6.03 Å². The molecule has 3 atom stereocenters. The number of benzene rings is 1. The molecule has 2 aromatic heterocycles. The number of halogens is 2. The van der Waals surface area contributed by atoms with Crippen LogP contribution < -0.4 is 5.32 Å². The van der Waals surface area contributed by atoms with Crippen molar-refractivity contribution in [2.45, 2.75) is 44.7 Å². The van der Waals surface area contributed by atoms with E-state index in [1.807, 2.05) is 0 Å². The van der Waals surface area contributed by atoms with Crippen LogP contribution in [0.15, 0.2) is 28.8 Å². The molecule has 2 fully saturated rings. The van der Waals surface area contributed by atoms with Gasteiger partial charge in [0.05, 0.1) is 5.02 Å². The molecule has 3 heterocycles. The molecule has 2 aliphatic rings. The predicted molar refractivity (Wildman–Crippen MR) is 105 cm³/mol. The van der Waals surface area contributed by atoms with Gasteiger partial charge in [0.1, 0.15) is 17.4 Å². The van der Waals surface area contributed by atoms with E-state index in [1.165, 1.54) is 0 Å². The highest BCUT2D eigenvalue weighted by molar-refractivity contribution is 6.32. The van der Waals surface area contributed by atoms with Crippen molar-refractivity contribution in [1.82, 2.24) is 30.1 Å². The van der Waals surface area contributed by atoms with E-state index in [1.54, 1.807) is 30.0 Å². The molecule has 156 valence electrons. The Morgan fingerprint density at radius 2 is 2.20 bits per heavy atom. The zero-order valence-corrected chi connectivity index (χ0v) is 17.1. The molecule has 2 amide bonds. The molecule has 1 aliphatic heterocycles. The molecule has 30 heavy (non-hydrogen) atoms. The van der Waals surface area contributed by atoms with Crippen LogP contribution in [0.2, 0.25) is 5.02 Å². The Bertz CT molecular complexity index is 1130. The molecular formula is C19H19ClFN7O2. The fourth-order valence-electron chi connectivity index (χ4n) is 4.72. The van der Waals surface area contributed by atoms with Crippen LogP contribution in [-0.4, -0.2) is 42.2 Å². The topological polar surface area (TPSA) is 102 Å². The predicted octanol–water partition coefficient (Wildman–Crippen LogP) is 3.68. The number of likely N-dealkylation sites (tertiary alicyclic amines) is 1. The average molecular weight is 432 g/mol. The molecule has 9 nitrogen and oxygen atoms in total. The summed E-state index contributed by atoms with van der Waals surface area (Å²) in [6.07, 6.45) is 3.47. The van der Waals surface area contributed by atoms with E-state index in [4.69, 9.17) is 16.0 Å². The minimum Gasteiger partial charge on any atom is -0.423 e. The van der Waals surface area contributed by atoms with E-state index in [0.29, 0.717) is 34.1 Å². The maximum absolute atomic E-state index is 13.2. The summed E-state index contributed by atoms with van der Waals surface area (Å²) < 4.78 is 19.0. The standard InChI is InChI=1S/C19H19ClFN7O2/c1-10-5-13-8-19(7-10,17-25-24-11(2)30-17)27(13)18(29)23-12-3-4-14(20)15(6-12)28-22-9-16(21)26-28/h3-4,6,9-10,13H,5,7-8H2,1-2H3,(H,23,29)/t10-,13+,19-/m1/s1. The fraction of sp³-hybridized carbons (Fsp3) is 0.421. The SMILES string of the molecule is Cc1nnc([C@@]23C[C@H](C)C[C@@H](C2)N3C(=O)Nc2ccc(Cl)c(-n3ncc(F)n3)c2)o1. The lowest BCUT2D eigenvalue weighted by molar-refractivity contribution is -0.110. The van der Waals surface area contributed by atoms with Gasteiger partial charge in [-0.15, -0.1) is 20.1 Å². The van der Waals surface area contributed by atoms with Gasteiger partial charge in [0.15, 0.2) is 0 Å². The van der Waals surface area contributed by atoms with Gasteiger partial charge in [-0.3, -0.25) is 0 Å². The summed E-state index contributed by atoms with van der Waals surface area (Å²) in [6.45, 7) is 3.91. The lowest BCUT2D eigenvalue weighted by atomic mass is 9.64. The maximum Gasteiger partial charge on any atom is 0.323 e. The summed E-state index contributed by atoms with van der Waals surface area (Å²) in [4.78, 5) is 16.1. The Morgan fingerprint density at radius 1 is 1.37 bits per heavy atom. The van der Waals surface area contributed by atoms with Gasteiger partial charge in [0.2, 0.25) is 11.8 Å². The molecule has 0 spiro atoms. The minimum atomic E-state index is -0.722. The van der Waals surface area contributed by atoms with Gasteiger partial charge in [0, 0.05) is 25.1 Å². The molecule has 11 heteroatoms. The van der Waals surface area contributed by atoms with Crippen molar-refractivity contribution in [3.63, 3.8) is 0 Å². The van der Waals surface area contributed by atoms with Crippen LogP contribution in [0.3, 0.4) is 0 Å². The average Bonchev–Trinajstić information content (AvgIpc) is 3.31. The van der Waals surface area contributed by atoms with E-state index >= 15 is 0 Å². The summed E-state index contributed by atoms with van der Waals surface area (Å²) in [5.41, 5.74) is 0.264. The molecule has 1 saturated carbocycles. The first-order valence-electron chi connectivity index (χ1n) is 9.64. The summed E-state index contributed by atoms with van der Waals surface area (Å²) >= 11 is 6.20. The second-order valence-electron chi connectivity index (χ2n) is 7.98. The zero-order valence-electron chi connectivity index (χ0n) is 16.3. The number of hydrogen-bond donors (Lipinski definition) is 1. The van der Waals surface area contributed by atoms with Crippen LogP contribution >= 0.6 is 11.6 Å². The summed E-state index contributed by atoms with van der Waals surface area (Å²) in [7, 11) is 0.